The molecule has 0 aliphatic carbocycles. The van der Waals surface area contributed by atoms with Gasteiger partial charge in [0.2, 0.25) is 0 Å². The van der Waals surface area contributed by atoms with E-state index in [1.165, 1.54) is 0 Å². The van der Waals surface area contributed by atoms with Crippen molar-refractivity contribution in [3.63, 3.8) is 0 Å². The van der Waals surface area contributed by atoms with Crippen molar-refractivity contribution in [1.82, 2.24) is 5.32 Å². The van der Waals surface area contributed by atoms with Gasteiger partial charge in [-0.1, -0.05) is 47.1 Å². The molecule has 0 aliphatic rings. The number of hydrogen-bond acceptors (Lipinski definition) is 4. The van der Waals surface area contributed by atoms with Crippen molar-refractivity contribution in [2.45, 2.75) is 47.5 Å². The van der Waals surface area contributed by atoms with Gasteiger partial charge in [0.15, 0.2) is 0 Å². The zero-order valence-electron chi connectivity index (χ0n) is 16.1. The number of ether oxygens (including phenoxy) is 2. The maximum Gasteiger partial charge on any atom is 0.121 e. The van der Waals surface area contributed by atoms with Crippen LogP contribution in [0.5, 0.6) is 5.75 Å². The van der Waals surface area contributed by atoms with Crippen LogP contribution in [-0.4, -0.2) is 40.0 Å². The van der Waals surface area contributed by atoms with Gasteiger partial charge in [0.05, 0.1) is 19.8 Å². The third kappa shape index (κ3) is 15.4. The number of nitrogens with one attached hydrogen (secondary N) is 2. The van der Waals surface area contributed by atoms with E-state index in [9.17, 15) is 0 Å². The van der Waals surface area contributed by atoms with Crippen LogP contribution in [0.25, 0.3) is 0 Å². The fraction of sp³-hybridized carbons (Fsp3) is 0.684. The summed E-state index contributed by atoms with van der Waals surface area (Å²) in [6.07, 6.45) is 2.25. The van der Waals surface area contributed by atoms with Gasteiger partial charge in [0, 0.05) is 24.8 Å². The maximum absolute atomic E-state index is 5.67. The Morgan fingerprint density at radius 3 is 2.30 bits per heavy atom. The van der Waals surface area contributed by atoms with Gasteiger partial charge in [0.1, 0.15) is 5.75 Å². The van der Waals surface area contributed by atoms with E-state index in [1.54, 1.807) is 0 Å². The van der Waals surface area contributed by atoms with E-state index in [4.69, 9.17) is 9.47 Å². The lowest BCUT2D eigenvalue weighted by molar-refractivity contribution is 0.147. The molecule has 0 saturated carbocycles. The molecule has 0 radical (unpaired) electrons. The Labute approximate surface area is 144 Å². The first-order valence-corrected chi connectivity index (χ1v) is 9.06. The van der Waals surface area contributed by atoms with Crippen molar-refractivity contribution in [2.75, 3.05) is 45.3 Å². The topological polar surface area (TPSA) is 42.5 Å². The Morgan fingerprint density at radius 1 is 0.957 bits per heavy atom. The number of rotatable bonds is 11. The smallest absolute Gasteiger partial charge is 0.121 e. The van der Waals surface area contributed by atoms with E-state index in [1.807, 2.05) is 59.0 Å². The first-order chi connectivity index (χ1) is 11.4. The van der Waals surface area contributed by atoms with Crippen LogP contribution in [0.15, 0.2) is 24.3 Å². The number of unbranched alkanes of at least 4 members (excludes halogenated alkanes) is 1. The molecule has 0 saturated heterocycles. The number of benzene rings is 1. The molecule has 0 heterocycles. The molecule has 1 aromatic carbocycles. The van der Waals surface area contributed by atoms with Gasteiger partial charge in [-0.15, -0.1) is 0 Å². The summed E-state index contributed by atoms with van der Waals surface area (Å²) in [7, 11) is 1.92. The average Bonchev–Trinajstić information content (AvgIpc) is 2.62. The number of anilines is 1. The highest BCUT2D eigenvalue weighted by atomic mass is 16.5. The Balaban J connectivity index is 0. The van der Waals surface area contributed by atoms with Gasteiger partial charge in [-0.05, 0) is 25.6 Å². The largest absolute Gasteiger partial charge is 0.494 e. The number of hydrogen-bond donors (Lipinski definition) is 2. The molecule has 2 N–H and O–H groups in total. The molecule has 23 heavy (non-hydrogen) atoms. The van der Waals surface area contributed by atoms with Crippen molar-refractivity contribution < 1.29 is 9.47 Å². The van der Waals surface area contributed by atoms with Crippen molar-refractivity contribution in [3.8, 4) is 5.75 Å². The Hall–Kier alpha value is -1.26. The SMILES string of the molecule is CC.CC.CCCCOc1cccc(NCCOCCNC)c1. The predicted molar refractivity (Wildman–Crippen MR) is 103 cm³/mol. The molecule has 0 atom stereocenters. The molecule has 0 fully saturated rings. The van der Waals surface area contributed by atoms with E-state index in [0.717, 1.165) is 50.6 Å². The fourth-order valence-corrected chi connectivity index (χ4v) is 1.57. The molecule has 136 valence electrons. The summed E-state index contributed by atoms with van der Waals surface area (Å²) in [4.78, 5) is 0. The first kappa shape index (κ1) is 24.0. The third-order valence-electron chi connectivity index (χ3n) is 2.67. The summed E-state index contributed by atoms with van der Waals surface area (Å²) in [5, 5.41) is 6.37. The fourth-order valence-electron chi connectivity index (χ4n) is 1.57. The molecule has 1 aromatic rings. The van der Waals surface area contributed by atoms with E-state index >= 15 is 0 Å². The summed E-state index contributed by atoms with van der Waals surface area (Å²) in [6.45, 7) is 14.1. The molecule has 0 unspecified atom stereocenters. The first-order valence-electron chi connectivity index (χ1n) is 9.06. The standard InChI is InChI=1S/C15H26N2O2.2C2H6/c1-3-4-10-19-15-7-5-6-14(13-15)17-9-12-18-11-8-16-2;2*1-2/h5-7,13,16-17H,3-4,8-12H2,1-2H3;2*1-2H3. The van der Waals surface area contributed by atoms with Gasteiger partial charge >= 0.3 is 0 Å². The molecule has 0 aromatic heterocycles. The second-order valence-corrected chi connectivity index (χ2v) is 4.37. The van der Waals surface area contributed by atoms with Crippen LogP contribution in [0, 0.1) is 0 Å². The maximum atomic E-state index is 5.67. The average molecular weight is 327 g/mol. The van der Waals surface area contributed by atoms with Gasteiger partial charge in [-0.25, -0.2) is 0 Å². The monoisotopic (exact) mass is 326 g/mol. The van der Waals surface area contributed by atoms with Crippen LogP contribution in [0.4, 0.5) is 5.69 Å². The summed E-state index contributed by atoms with van der Waals surface area (Å²) in [5.41, 5.74) is 1.08. The molecule has 1 rings (SSSR count). The van der Waals surface area contributed by atoms with Crippen LogP contribution >= 0.6 is 0 Å². The number of likely N-dealkylation sites (N-methyl/N-ethyl adjacent to an activating group) is 1. The summed E-state index contributed by atoms with van der Waals surface area (Å²) >= 11 is 0. The Kier molecular flexibility index (Phi) is 21.6. The van der Waals surface area contributed by atoms with Crippen molar-refractivity contribution in [2.24, 2.45) is 0 Å². The van der Waals surface area contributed by atoms with Crippen molar-refractivity contribution in [3.05, 3.63) is 24.3 Å². The second kappa shape index (κ2) is 20.7. The molecular formula is C19H38N2O2. The summed E-state index contributed by atoms with van der Waals surface area (Å²) in [5.74, 6) is 0.926. The Morgan fingerprint density at radius 2 is 1.65 bits per heavy atom. The van der Waals surface area contributed by atoms with Crippen LogP contribution in [0.3, 0.4) is 0 Å². The minimum atomic E-state index is 0.711. The Bertz CT molecular complexity index is 333. The lowest BCUT2D eigenvalue weighted by Gasteiger charge is -2.10. The highest BCUT2D eigenvalue weighted by Crippen LogP contribution is 2.17. The molecular weight excluding hydrogens is 288 g/mol. The molecule has 0 bridgehead atoms. The van der Waals surface area contributed by atoms with Gasteiger partial charge < -0.3 is 20.1 Å². The van der Waals surface area contributed by atoms with Crippen molar-refractivity contribution >= 4 is 5.69 Å². The predicted octanol–water partition coefficient (Wildman–Crippen LogP) is 4.57. The normalized spacial score (nSPS) is 9.13. The van der Waals surface area contributed by atoms with Crippen LogP contribution < -0.4 is 15.4 Å². The van der Waals surface area contributed by atoms with Crippen LogP contribution in [0.2, 0.25) is 0 Å². The lowest BCUT2D eigenvalue weighted by atomic mass is 10.3. The van der Waals surface area contributed by atoms with E-state index < -0.39 is 0 Å². The zero-order valence-corrected chi connectivity index (χ0v) is 16.1. The molecule has 0 amide bonds. The minimum Gasteiger partial charge on any atom is -0.494 e. The third-order valence-corrected chi connectivity index (χ3v) is 2.67. The van der Waals surface area contributed by atoms with Gasteiger partial charge in [-0.3, -0.25) is 0 Å². The zero-order chi connectivity index (χ0) is 17.8. The molecule has 4 nitrogen and oxygen atoms in total. The van der Waals surface area contributed by atoms with E-state index in [2.05, 4.69) is 17.6 Å². The van der Waals surface area contributed by atoms with E-state index in [0.29, 0.717) is 6.61 Å². The summed E-state index contributed by atoms with van der Waals surface area (Å²) < 4.78 is 11.1. The van der Waals surface area contributed by atoms with Gasteiger partial charge in [0.25, 0.3) is 0 Å². The lowest BCUT2D eigenvalue weighted by Crippen LogP contribution is -2.17. The van der Waals surface area contributed by atoms with Gasteiger partial charge in [-0.2, -0.15) is 0 Å². The van der Waals surface area contributed by atoms with Crippen LogP contribution in [0.1, 0.15) is 47.5 Å². The van der Waals surface area contributed by atoms with Crippen molar-refractivity contribution in [1.29, 1.82) is 0 Å². The highest BCUT2D eigenvalue weighted by Gasteiger charge is 1.96. The highest BCUT2D eigenvalue weighted by molar-refractivity contribution is 5.48. The molecule has 0 spiro atoms. The molecule has 0 aliphatic heterocycles. The summed E-state index contributed by atoms with van der Waals surface area (Å²) in [6, 6.07) is 8.07. The minimum absolute atomic E-state index is 0.711. The van der Waals surface area contributed by atoms with Crippen LogP contribution in [-0.2, 0) is 4.74 Å². The molecule has 4 heteroatoms. The van der Waals surface area contributed by atoms with E-state index in [-0.39, 0.29) is 0 Å². The second-order valence-electron chi connectivity index (χ2n) is 4.37. The quantitative estimate of drug-likeness (QED) is 0.585.